The van der Waals surface area contributed by atoms with Crippen LogP contribution in [0.1, 0.15) is 11.3 Å². The van der Waals surface area contributed by atoms with E-state index in [0.29, 0.717) is 18.1 Å². The van der Waals surface area contributed by atoms with Crippen molar-refractivity contribution in [1.82, 2.24) is 15.2 Å². The number of rotatable bonds is 5. The maximum atomic E-state index is 5.53. The number of methoxy groups -OCH3 is 1. The van der Waals surface area contributed by atoms with Crippen molar-refractivity contribution in [3.05, 3.63) is 65.9 Å². The lowest BCUT2D eigenvalue weighted by Crippen LogP contribution is -2.14. The molecule has 2 aromatic carbocycles. The molecule has 1 heterocycles. The van der Waals surface area contributed by atoms with E-state index >= 15 is 0 Å². The summed E-state index contributed by atoms with van der Waals surface area (Å²) >= 11 is 0. The third-order valence-electron chi connectivity index (χ3n) is 3.46. The average Bonchev–Trinajstić information content (AvgIpc) is 2.63. The smallest absolute Gasteiger partial charge is 0.184 e. The van der Waals surface area contributed by atoms with Gasteiger partial charge in [0.2, 0.25) is 0 Å². The number of nitrogens with zero attached hydrogens (tertiary/aromatic N) is 3. The van der Waals surface area contributed by atoms with E-state index in [0.717, 1.165) is 22.6 Å². The molecule has 3 N–H and O–H groups in total. The summed E-state index contributed by atoms with van der Waals surface area (Å²) in [5.41, 5.74) is 5.30. The molecule has 6 heteroatoms. The molecule has 0 atom stereocenters. The minimum absolute atomic E-state index is 0.473. The third-order valence-corrected chi connectivity index (χ3v) is 3.46. The van der Waals surface area contributed by atoms with Gasteiger partial charge in [0.1, 0.15) is 5.75 Å². The molecule has 0 aliphatic heterocycles. The highest BCUT2D eigenvalue weighted by atomic mass is 16.5. The Kier molecular flexibility index (Phi) is 4.44. The van der Waals surface area contributed by atoms with Crippen LogP contribution >= 0.6 is 0 Å². The predicted molar refractivity (Wildman–Crippen MR) is 88.9 cm³/mol. The second-order valence-electron chi connectivity index (χ2n) is 4.97. The summed E-state index contributed by atoms with van der Waals surface area (Å²) in [6, 6.07) is 17.5. The van der Waals surface area contributed by atoms with E-state index in [9.17, 15) is 0 Å². The van der Waals surface area contributed by atoms with Crippen molar-refractivity contribution in [1.29, 1.82) is 0 Å². The van der Waals surface area contributed by atoms with Crippen molar-refractivity contribution < 1.29 is 4.74 Å². The van der Waals surface area contributed by atoms with Gasteiger partial charge in [-0.2, -0.15) is 0 Å². The summed E-state index contributed by atoms with van der Waals surface area (Å²) in [5.74, 6) is 7.39. The number of nitrogens with two attached hydrogens (primary N) is 1. The zero-order valence-corrected chi connectivity index (χ0v) is 12.7. The number of hydrazine groups is 1. The number of benzene rings is 2. The van der Waals surface area contributed by atoms with Crippen molar-refractivity contribution in [2.24, 2.45) is 5.84 Å². The molecule has 3 aromatic rings. The molecule has 0 spiro atoms. The Bertz CT molecular complexity index is 775. The molecule has 0 aliphatic carbocycles. The van der Waals surface area contributed by atoms with Crippen LogP contribution in [-0.4, -0.2) is 22.3 Å². The van der Waals surface area contributed by atoms with Gasteiger partial charge in [0, 0.05) is 12.0 Å². The molecule has 0 fully saturated rings. The number of hydrogen-bond donors (Lipinski definition) is 2. The maximum Gasteiger partial charge on any atom is 0.184 e. The summed E-state index contributed by atoms with van der Waals surface area (Å²) in [7, 11) is 1.64. The highest BCUT2D eigenvalue weighted by Crippen LogP contribution is 2.20. The van der Waals surface area contributed by atoms with E-state index in [1.807, 2.05) is 54.6 Å². The fraction of sp³-hybridized carbons (Fsp3) is 0.118. The van der Waals surface area contributed by atoms with Gasteiger partial charge in [0.05, 0.1) is 12.8 Å². The number of nitrogens with one attached hydrogen (secondary N) is 1. The summed E-state index contributed by atoms with van der Waals surface area (Å²) in [6.45, 7) is 0. The van der Waals surface area contributed by atoms with E-state index in [-0.39, 0.29) is 0 Å². The monoisotopic (exact) mass is 307 g/mol. The molecule has 0 aliphatic rings. The van der Waals surface area contributed by atoms with Crippen LogP contribution in [0.3, 0.4) is 0 Å². The highest BCUT2D eigenvalue weighted by Gasteiger charge is 2.10. The van der Waals surface area contributed by atoms with Crippen molar-refractivity contribution in [3.63, 3.8) is 0 Å². The molecular weight excluding hydrogens is 290 g/mol. The van der Waals surface area contributed by atoms with Crippen LogP contribution in [-0.2, 0) is 6.42 Å². The quantitative estimate of drug-likeness (QED) is 0.556. The molecule has 0 saturated heterocycles. The Morgan fingerprint density at radius 1 is 1.00 bits per heavy atom. The molecule has 23 heavy (non-hydrogen) atoms. The molecule has 0 bridgehead atoms. The van der Waals surface area contributed by atoms with Crippen molar-refractivity contribution in [2.45, 2.75) is 6.42 Å². The SMILES string of the molecule is COc1ccc(Cc2nc(-c3ccccc3)nnc2NN)cc1. The first-order valence-electron chi connectivity index (χ1n) is 7.18. The van der Waals surface area contributed by atoms with Gasteiger partial charge >= 0.3 is 0 Å². The Morgan fingerprint density at radius 3 is 2.39 bits per heavy atom. The van der Waals surface area contributed by atoms with E-state index in [2.05, 4.69) is 20.6 Å². The lowest BCUT2D eigenvalue weighted by atomic mass is 10.1. The van der Waals surface area contributed by atoms with E-state index in [1.165, 1.54) is 0 Å². The van der Waals surface area contributed by atoms with Crippen LogP contribution in [0.2, 0.25) is 0 Å². The first-order chi connectivity index (χ1) is 11.3. The van der Waals surface area contributed by atoms with Crippen LogP contribution < -0.4 is 16.0 Å². The summed E-state index contributed by atoms with van der Waals surface area (Å²) in [5, 5.41) is 8.26. The largest absolute Gasteiger partial charge is 0.497 e. The minimum atomic E-state index is 0.473. The molecule has 1 aromatic heterocycles. The van der Waals surface area contributed by atoms with E-state index in [1.54, 1.807) is 7.11 Å². The van der Waals surface area contributed by atoms with Crippen LogP contribution in [0.15, 0.2) is 54.6 Å². The lowest BCUT2D eigenvalue weighted by molar-refractivity contribution is 0.414. The van der Waals surface area contributed by atoms with E-state index in [4.69, 9.17) is 10.6 Å². The topological polar surface area (TPSA) is 86.0 Å². The van der Waals surface area contributed by atoms with Crippen LogP contribution in [0.25, 0.3) is 11.4 Å². The molecule has 0 unspecified atom stereocenters. The zero-order chi connectivity index (χ0) is 16.1. The first kappa shape index (κ1) is 14.9. The first-order valence-corrected chi connectivity index (χ1v) is 7.18. The van der Waals surface area contributed by atoms with Gasteiger partial charge in [0.15, 0.2) is 11.6 Å². The molecule has 116 valence electrons. The zero-order valence-electron chi connectivity index (χ0n) is 12.7. The van der Waals surface area contributed by atoms with Gasteiger partial charge in [-0.05, 0) is 17.7 Å². The van der Waals surface area contributed by atoms with Crippen molar-refractivity contribution in [3.8, 4) is 17.1 Å². The van der Waals surface area contributed by atoms with Crippen molar-refractivity contribution in [2.75, 3.05) is 12.5 Å². The number of ether oxygens (including phenoxy) is 1. The van der Waals surface area contributed by atoms with Gasteiger partial charge in [-0.1, -0.05) is 42.5 Å². The molecule has 6 nitrogen and oxygen atoms in total. The summed E-state index contributed by atoms with van der Waals surface area (Å²) in [6.07, 6.45) is 0.596. The maximum absolute atomic E-state index is 5.53. The van der Waals surface area contributed by atoms with Crippen LogP contribution in [0.5, 0.6) is 5.75 Å². The lowest BCUT2D eigenvalue weighted by Gasteiger charge is -2.09. The number of aromatic nitrogens is 3. The Labute approximate surface area is 134 Å². The molecule has 0 saturated carbocycles. The summed E-state index contributed by atoms with van der Waals surface area (Å²) in [4.78, 5) is 4.60. The van der Waals surface area contributed by atoms with Crippen molar-refractivity contribution >= 4 is 5.82 Å². The molecule has 0 radical (unpaired) electrons. The van der Waals surface area contributed by atoms with Crippen LogP contribution in [0, 0.1) is 0 Å². The Morgan fingerprint density at radius 2 is 1.74 bits per heavy atom. The highest BCUT2D eigenvalue weighted by molar-refractivity contribution is 5.56. The molecule has 3 rings (SSSR count). The second-order valence-corrected chi connectivity index (χ2v) is 4.97. The fourth-order valence-corrected chi connectivity index (χ4v) is 2.24. The Balaban J connectivity index is 1.92. The fourth-order valence-electron chi connectivity index (χ4n) is 2.24. The van der Waals surface area contributed by atoms with Gasteiger partial charge in [-0.3, -0.25) is 0 Å². The van der Waals surface area contributed by atoms with Gasteiger partial charge in [0.25, 0.3) is 0 Å². The number of hydrogen-bond acceptors (Lipinski definition) is 6. The summed E-state index contributed by atoms with van der Waals surface area (Å²) < 4.78 is 5.17. The second kappa shape index (κ2) is 6.85. The minimum Gasteiger partial charge on any atom is -0.497 e. The van der Waals surface area contributed by atoms with Gasteiger partial charge < -0.3 is 10.2 Å². The number of anilines is 1. The van der Waals surface area contributed by atoms with E-state index < -0.39 is 0 Å². The Hall–Kier alpha value is -2.99. The average molecular weight is 307 g/mol. The van der Waals surface area contributed by atoms with Crippen LogP contribution in [0.4, 0.5) is 5.82 Å². The third kappa shape index (κ3) is 3.44. The van der Waals surface area contributed by atoms with Gasteiger partial charge in [-0.25, -0.2) is 10.8 Å². The normalized spacial score (nSPS) is 10.3. The standard InChI is InChI=1S/C17H17N5O/c1-23-14-9-7-12(8-10-14)11-15-17(20-18)22-21-16(19-15)13-5-3-2-4-6-13/h2-10H,11,18H2,1H3,(H,20,22). The molecular formula is C17H17N5O. The molecule has 0 amide bonds. The van der Waals surface area contributed by atoms with Gasteiger partial charge in [-0.15, -0.1) is 10.2 Å². The predicted octanol–water partition coefficient (Wildman–Crippen LogP) is 2.42. The number of nitrogen functional groups attached to an aromatic ring is 1.